The molecule has 1 aromatic carbocycles. The normalized spacial score (nSPS) is 18.9. The van der Waals surface area contributed by atoms with Gasteiger partial charge in [0.1, 0.15) is 12.2 Å². The van der Waals surface area contributed by atoms with Gasteiger partial charge in [-0.1, -0.05) is 0 Å². The molecule has 1 aliphatic carbocycles. The molecule has 1 saturated carbocycles. The lowest BCUT2D eigenvalue weighted by Crippen LogP contribution is -2.39. The Balaban J connectivity index is 1.52. The number of esters is 1. The minimum atomic E-state index is -3.15. The molecule has 0 atom stereocenters. The molecule has 10 heteroatoms. The number of hydrogen-bond acceptors (Lipinski definition) is 6. The molecule has 0 radical (unpaired) electrons. The van der Waals surface area contributed by atoms with Gasteiger partial charge in [-0.05, 0) is 58.6 Å². The van der Waals surface area contributed by atoms with E-state index >= 15 is 0 Å². The van der Waals surface area contributed by atoms with Crippen LogP contribution in [0.2, 0.25) is 0 Å². The fourth-order valence-electron chi connectivity index (χ4n) is 3.64. The topological polar surface area (TPSA) is 86.8 Å². The molecule has 0 bridgehead atoms. The van der Waals surface area contributed by atoms with Crippen molar-refractivity contribution in [2.45, 2.75) is 70.8 Å². The molecular weight excluding hydrogens is 441 g/mol. The van der Waals surface area contributed by atoms with Crippen molar-refractivity contribution in [2.75, 3.05) is 6.61 Å². The Morgan fingerprint density at radius 1 is 1.15 bits per heavy atom. The van der Waals surface area contributed by atoms with Gasteiger partial charge >= 0.3 is 12.6 Å². The average molecular weight is 468 g/mol. The highest BCUT2D eigenvalue weighted by molar-refractivity contribution is 5.97. The molecule has 1 fully saturated rings. The van der Waals surface area contributed by atoms with Gasteiger partial charge in [-0.15, -0.1) is 0 Å². The fourth-order valence-corrected chi connectivity index (χ4v) is 3.64. The van der Waals surface area contributed by atoms with Crippen molar-refractivity contribution in [3.05, 3.63) is 35.8 Å². The molecule has 7 nitrogen and oxygen atoms in total. The van der Waals surface area contributed by atoms with Gasteiger partial charge in [0.05, 0.1) is 17.2 Å². The summed E-state index contributed by atoms with van der Waals surface area (Å²) in [4.78, 5) is 28.5. The summed E-state index contributed by atoms with van der Waals surface area (Å²) in [5.74, 6) is -2.35. The van der Waals surface area contributed by atoms with E-state index in [4.69, 9.17) is 9.47 Å². The van der Waals surface area contributed by atoms with Crippen LogP contribution in [-0.2, 0) is 14.3 Å². The lowest BCUT2D eigenvalue weighted by molar-refractivity contribution is -0.162. The van der Waals surface area contributed by atoms with Gasteiger partial charge in [-0.25, -0.2) is 9.18 Å². The van der Waals surface area contributed by atoms with Crippen LogP contribution in [0.5, 0.6) is 5.75 Å². The number of carbonyl (C=O) groups excluding carboxylic acids is 2. The Hall–Kier alpha value is -2.88. The Morgan fingerprint density at radius 2 is 1.85 bits per heavy atom. The second-order valence-corrected chi connectivity index (χ2v) is 8.92. The van der Waals surface area contributed by atoms with Crippen LogP contribution in [0.15, 0.2) is 24.4 Å². The summed E-state index contributed by atoms with van der Waals surface area (Å²) in [6, 6.07) is 3.44. The lowest BCUT2D eigenvalue weighted by Gasteiger charge is -2.29. The Morgan fingerprint density at radius 3 is 2.48 bits per heavy atom. The first-order chi connectivity index (χ1) is 15.5. The minimum absolute atomic E-state index is 0.0758. The number of hydrogen-bond donors (Lipinski definition) is 1. The molecule has 1 heterocycles. The molecule has 2 aromatic rings. The van der Waals surface area contributed by atoms with E-state index in [-0.39, 0.29) is 35.7 Å². The summed E-state index contributed by atoms with van der Waals surface area (Å²) >= 11 is 0. The third-order valence-corrected chi connectivity index (χ3v) is 5.08. The van der Waals surface area contributed by atoms with Crippen molar-refractivity contribution in [1.29, 1.82) is 0 Å². The van der Waals surface area contributed by atoms with Crippen molar-refractivity contribution in [3.63, 3.8) is 0 Å². The summed E-state index contributed by atoms with van der Waals surface area (Å²) in [7, 11) is 0. The molecule has 0 spiro atoms. The third kappa shape index (κ3) is 7.31. The number of ether oxygens (including phenoxy) is 3. The third-order valence-electron chi connectivity index (χ3n) is 5.08. The van der Waals surface area contributed by atoms with Crippen molar-refractivity contribution in [3.8, 4) is 5.75 Å². The van der Waals surface area contributed by atoms with Gasteiger partial charge in [-0.2, -0.15) is 8.78 Å². The van der Waals surface area contributed by atoms with E-state index in [1.165, 1.54) is 12.3 Å². The van der Waals surface area contributed by atoms with E-state index in [1.807, 2.05) is 0 Å². The number of halogens is 3. The second-order valence-electron chi connectivity index (χ2n) is 8.92. The monoisotopic (exact) mass is 468 g/mol. The number of carbonyl (C=O) groups is 2. The van der Waals surface area contributed by atoms with Crippen LogP contribution < -0.4 is 10.1 Å². The SMILES string of the molecule is CC(C)(C)OC(=O)COC1CCC(NC(=O)c2cnc3cc(OC(F)F)c(F)cc3c2)CC1. The van der Waals surface area contributed by atoms with Crippen LogP contribution in [0.25, 0.3) is 10.9 Å². The maximum atomic E-state index is 14.0. The highest BCUT2D eigenvalue weighted by Gasteiger charge is 2.25. The van der Waals surface area contributed by atoms with Gasteiger partial charge in [0.15, 0.2) is 11.6 Å². The molecule has 1 aliphatic rings. The van der Waals surface area contributed by atoms with Crippen molar-refractivity contribution >= 4 is 22.8 Å². The van der Waals surface area contributed by atoms with Gasteiger partial charge < -0.3 is 19.5 Å². The quantitative estimate of drug-likeness (QED) is 0.607. The van der Waals surface area contributed by atoms with Crippen molar-refractivity contribution < 1.29 is 37.0 Å². The van der Waals surface area contributed by atoms with E-state index < -0.39 is 29.7 Å². The summed E-state index contributed by atoms with van der Waals surface area (Å²) in [6.07, 6.45) is 3.94. The maximum Gasteiger partial charge on any atom is 0.387 e. The summed E-state index contributed by atoms with van der Waals surface area (Å²) < 4.78 is 53.7. The van der Waals surface area contributed by atoms with Crippen LogP contribution in [0, 0.1) is 5.82 Å². The Bertz CT molecular complexity index is 1000. The minimum Gasteiger partial charge on any atom is -0.458 e. The number of nitrogens with zero attached hydrogens (tertiary/aromatic N) is 1. The standard InChI is InChI=1S/C23H27F3N2O5/c1-23(2,3)33-20(29)12-31-16-6-4-15(5-7-16)28-21(30)14-8-13-9-17(24)19(32-22(25)26)10-18(13)27-11-14/h8-11,15-16,22H,4-7,12H2,1-3H3,(H,28,30). The van der Waals surface area contributed by atoms with Crippen LogP contribution in [-0.4, -0.2) is 47.8 Å². The highest BCUT2D eigenvalue weighted by Crippen LogP contribution is 2.26. The summed E-state index contributed by atoms with van der Waals surface area (Å²) in [5, 5.41) is 3.22. The molecule has 0 saturated heterocycles. The molecule has 1 aromatic heterocycles. The van der Waals surface area contributed by atoms with Gasteiger partial charge in [0.25, 0.3) is 5.91 Å². The van der Waals surface area contributed by atoms with E-state index in [1.54, 1.807) is 20.8 Å². The highest BCUT2D eigenvalue weighted by atomic mass is 19.3. The zero-order valence-electron chi connectivity index (χ0n) is 18.7. The first-order valence-corrected chi connectivity index (χ1v) is 10.7. The summed E-state index contributed by atoms with van der Waals surface area (Å²) in [5.41, 5.74) is -0.104. The molecular formula is C23H27F3N2O5. The molecule has 1 N–H and O–H groups in total. The Kier molecular flexibility index (Phi) is 7.78. The van der Waals surface area contributed by atoms with E-state index in [0.717, 1.165) is 12.1 Å². The fraction of sp³-hybridized carbons (Fsp3) is 0.522. The predicted molar refractivity (Wildman–Crippen MR) is 114 cm³/mol. The molecule has 0 aliphatic heterocycles. The predicted octanol–water partition coefficient (Wildman–Crippen LogP) is 4.37. The van der Waals surface area contributed by atoms with Crippen LogP contribution >= 0.6 is 0 Å². The second kappa shape index (κ2) is 10.4. The molecule has 0 unspecified atom stereocenters. The summed E-state index contributed by atoms with van der Waals surface area (Å²) in [6.45, 7) is 2.11. The number of fused-ring (bicyclic) bond motifs is 1. The van der Waals surface area contributed by atoms with E-state index in [9.17, 15) is 22.8 Å². The number of rotatable bonds is 7. The number of amides is 1. The first kappa shape index (κ1) is 24.8. The molecule has 180 valence electrons. The number of aromatic nitrogens is 1. The van der Waals surface area contributed by atoms with E-state index in [0.29, 0.717) is 31.1 Å². The lowest BCUT2D eigenvalue weighted by atomic mass is 9.92. The van der Waals surface area contributed by atoms with Crippen molar-refractivity contribution in [2.24, 2.45) is 0 Å². The molecule has 3 rings (SSSR count). The Labute approximate surface area is 189 Å². The largest absolute Gasteiger partial charge is 0.458 e. The van der Waals surface area contributed by atoms with E-state index in [2.05, 4.69) is 15.0 Å². The number of pyridine rings is 1. The number of benzene rings is 1. The van der Waals surface area contributed by atoms with Crippen molar-refractivity contribution in [1.82, 2.24) is 10.3 Å². The van der Waals surface area contributed by atoms with Gasteiger partial charge in [-0.3, -0.25) is 9.78 Å². The average Bonchev–Trinajstić information content (AvgIpc) is 2.72. The van der Waals surface area contributed by atoms with Gasteiger partial charge in [0.2, 0.25) is 0 Å². The van der Waals surface area contributed by atoms with Gasteiger partial charge in [0, 0.05) is 23.7 Å². The zero-order valence-corrected chi connectivity index (χ0v) is 18.7. The smallest absolute Gasteiger partial charge is 0.387 e. The maximum absolute atomic E-state index is 14.0. The van der Waals surface area contributed by atoms with Crippen LogP contribution in [0.1, 0.15) is 56.8 Å². The zero-order chi connectivity index (χ0) is 24.2. The number of alkyl halides is 2. The van der Waals surface area contributed by atoms with Crippen LogP contribution in [0.3, 0.4) is 0 Å². The number of nitrogens with one attached hydrogen (secondary N) is 1. The molecule has 33 heavy (non-hydrogen) atoms. The van der Waals surface area contributed by atoms with Crippen LogP contribution in [0.4, 0.5) is 13.2 Å². The first-order valence-electron chi connectivity index (χ1n) is 10.7. The molecule has 1 amide bonds.